The van der Waals surface area contributed by atoms with Crippen LogP contribution in [0.15, 0.2) is 0 Å². The molecule has 0 aromatic carbocycles. The minimum atomic E-state index is 0.724. The van der Waals surface area contributed by atoms with Crippen LogP contribution in [0.5, 0.6) is 0 Å². The molecule has 0 saturated carbocycles. The molecule has 0 saturated heterocycles. The van der Waals surface area contributed by atoms with Crippen LogP contribution in [-0.4, -0.2) is 27.9 Å². The molecule has 1 N–H and O–H groups in total. The first-order valence-electron chi connectivity index (χ1n) is 5.64. The Morgan fingerprint density at radius 2 is 2.07 bits per heavy atom. The van der Waals surface area contributed by atoms with Gasteiger partial charge >= 0.3 is 0 Å². The Hall–Kier alpha value is -0.840. The third-order valence-electron chi connectivity index (χ3n) is 2.34. The van der Waals surface area contributed by atoms with E-state index in [1.807, 2.05) is 0 Å². The number of hydrogen-bond donors (Lipinski definition) is 1. The van der Waals surface area contributed by atoms with Crippen molar-refractivity contribution < 1.29 is 0 Å². The first kappa shape index (κ1) is 12.2. The molecule has 0 amide bonds. The van der Waals surface area contributed by atoms with Crippen LogP contribution >= 0.6 is 12.2 Å². The molecule has 1 heterocycles. The predicted octanol–water partition coefficient (Wildman–Crippen LogP) is 2.59. The number of aromatic nitrogens is 3. The predicted molar refractivity (Wildman–Crippen MR) is 65.9 cm³/mol. The fourth-order valence-corrected chi connectivity index (χ4v) is 1.86. The normalized spacial score (nSPS) is 10.6. The van der Waals surface area contributed by atoms with Crippen molar-refractivity contribution in [1.82, 2.24) is 14.8 Å². The molecular formula is C10H20N4S. The fraction of sp³-hybridized carbons (Fsp3) is 0.800. The summed E-state index contributed by atoms with van der Waals surface area (Å²) in [5.74, 6) is 0.978. The van der Waals surface area contributed by atoms with Crippen LogP contribution in [0.25, 0.3) is 0 Å². The largest absolute Gasteiger partial charge is 0.341 e. The van der Waals surface area contributed by atoms with E-state index in [0.29, 0.717) is 0 Å². The molecule has 0 radical (unpaired) electrons. The highest BCUT2D eigenvalue weighted by Crippen LogP contribution is 2.12. The lowest BCUT2D eigenvalue weighted by atomic mass is 10.4. The summed E-state index contributed by atoms with van der Waals surface area (Å²) in [6, 6.07) is 0. The van der Waals surface area contributed by atoms with E-state index >= 15 is 0 Å². The van der Waals surface area contributed by atoms with Gasteiger partial charge in [-0.2, -0.15) is 0 Å². The summed E-state index contributed by atoms with van der Waals surface area (Å²) >= 11 is 5.21. The van der Waals surface area contributed by atoms with Crippen molar-refractivity contribution in [3.8, 4) is 0 Å². The van der Waals surface area contributed by atoms with Crippen molar-refractivity contribution in [2.24, 2.45) is 0 Å². The van der Waals surface area contributed by atoms with Gasteiger partial charge < -0.3 is 4.90 Å². The Labute approximate surface area is 96.3 Å². The van der Waals surface area contributed by atoms with E-state index in [4.69, 9.17) is 12.2 Å². The standard InChI is InChI=1S/C10H20N4S/c1-4-7-13(6-3)9-11-12-10(15)14(9)8-5-2/h4-8H2,1-3H3,(H,12,15). The van der Waals surface area contributed by atoms with Crippen LogP contribution in [0.4, 0.5) is 5.95 Å². The van der Waals surface area contributed by atoms with Gasteiger partial charge in [-0.1, -0.05) is 13.8 Å². The van der Waals surface area contributed by atoms with Crippen molar-refractivity contribution >= 4 is 18.2 Å². The van der Waals surface area contributed by atoms with Gasteiger partial charge in [0.25, 0.3) is 0 Å². The van der Waals surface area contributed by atoms with Gasteiger partial charge in [-0.3, -0.25) is 4.57 Å². The Kier molecular flexibility index (Phi) is 4.81. The van der Waals surface area contributed by atoms with Crippen LogP contribution in [0.1, 0.15) is 33.6 Å². The van der Waals surface area contributed by atoms with E-state index in [1.54, 1.807) is 0 Å². The molecule has 86 valence electrons. The van der Waals surface area contributed by atoms with Gasteiger partial charge in [-0.15, -0.1) is 5.10 Å². The van der Waals surface area contributed by atoms with E-state index in [2.05, 4.69) is 40.4 Å². The van der Waals surface area contributed by atoms with Gasteiger partial charge in [0.2, 0.25) is 5.95 Å². The molecule has 0 aliphatic carbocycles. The lowest BCUT2D eigenvalue weighted by molar-refractivity contribution is 0.641. The van der Waals surface area contributed by atoms with Crippen LogP contribution in [0.3, 0.4) is 0 Å². The number of hydrogen-bond acceptors (Lipinski definition) is 3. The zero-order valence-electron chi connectivity index (χ0n) is 9.79. The molecule has 1 aromatic heterocycles. The highest BCUT2D eigenvalue weighted by molar-refractivity contribution is 7.71. The van der Waals surface area contributed by atoms with Crippen LogP contribution < -0.4 is 4.90 Å². The Balaban J connectivity index is 2.95. The molecule has 0 atom stereocenters. The van der Waals surface area contributed by atoms with Crippen LogP contribution in [-0.2, 0) is 6.54 Å². The zero-order chi connectivity index (χ0) is 11.3. The van der Waals surface area contributed by atoms with E-state index in [9.17, 15) is 0 Å². The number of rotatable bonds is 6. The summed E-state index contributed by atoms with van der Waals surface area (Å²) in [6.07, 6.45) is 2.20. The van der Waals surface area contributed by atoms with Gasteiger partial charge in [-0.25, -0.2) is 5.10 Å². The highest BCUT2D eigenvalue weighted by Gasteiger charge is 2.11. The zero-order valence-corrected chi connectivity index (χ0v) is 10.6. The molecule has 15 heavy (non-hydrogen) atoms. The quantitative estimate of drug-likeness (QED) is 0.760. The number of nitrogens with zero attached hydrogens (tertiary/aromatic N) is 3. The summed E-state index contributed by atoms with van der Waals surface area (Å²) in [4.78, 5) is 2.25. The second-order valence-electron chi connectivity index (χ2n) is 3.56. The number of aromatic amines is 1. The Morgan fingerprint density at radius 1 is 1.33 bits per heavy atom. The molecule has 1 rings (SSSR count). The second kappa shape index (κ2) is 5.90. The van der Waals surface area contributed by atoms with Crippen molar-refractivity contribution in [3.05, 3.63) is 4.77 Å². The third-order valence-corrected chi connectivity index (χ3v) is 2.66. The fourth-order valence-electron chi connectivity index (χ4n) is 1.65. The maximum atomic E-state index is 5.21. The van der Waals surface area contributed by atoms with E-state index in [0.717, 1.165) is 43.2 Å². The molecule has 0 bridgehead atoms. The minimum Gasteiger partial charge on any atom is -0.341 e. The summed E-state index contributed by atoms with van der Waals surface area (Å²) < 4.78 is 2.80. The monoisotopic (exact) mass is 228 g/mol. The van der Waals surface area contributed by atoms with Crippen LogP contribution in [0, 0.1) is 4.77 Å². The molecule has 0 aliphatic heterocycles. The highest BCUT2D eigenvalue weighted by atomic mass is 32.1. The van der Waals surface area contributed by atoms with Gasteiger partial charge in [-0.05, 0) is 32.0 Å². The summed E-state index contributed by atoms with van der Waals surface area (Å²) in [5.41, 5.74) is 0. The van der Waals surface area contributed by atoms with Crippen molar-refractivity contribution in [1.29, 1.82) is 0 Å². The van der Waals surface area contributed by atoms with E-state index < -0.39 is 0 Å². The van der Waals surface area contributed by atoms with Gasteiger partial charge in [0, 0.05) is 19.6 Å². The second-order valence-corrected chi connectivity index (χ2v) is 3.95. The number of H-pyrrole nitrogens is 1. The molecule has 1 aromatic rings. The van der Waals surface area contributed by atoms with Gasteiger partial charge in [0.15, 0.2) is 4.77 Å². The van der Waals surface area contributed by atoms with E-state index in [1.165, 1.54) is 0 Å². The molecule has 4 nitrogen and oxygen atoms in total. The first-order valence-corrected chi connectivity index (χ1v) is 6.05. The van der Waals surface area contributed by atoms with Crippen molar-refractivity contribution in [3.63, 3.8) is 0 Å². The third kappa shape index (κ3) is 2.81. The molecule has 0 fully saturated rings. The molecule has 5 heteroatoms. The molecular weight excluding hydrogens is 208 g/mol. The lowest BCUT2D eigenvalue weighted by Gasteiger charge is -2.21. The van der Waals surface area contributed by atoms with Crippen molar-refractivity contribution in [2.45, 2.75) is 40.2 Å². The smallest absolute Gasteiger partial charge is 0.225 e. The Morgan fingerprint density at radius 3 is 2.60 bits per heavy atom. The minimum absolute atomic E-state index is 0.724. The molecule has 0 unspecified atom stereocenters. The van der Waals surface area contributed by atoms with E-state index in [-0.39, 0.29) is 0 Å². The SMILES string of the molecule is CCCN(CC)c1n[nH]c(=S)n1CCC. The summed E-state index contributed by atoms with van der Waals surface area (Å²) in [7, 11) is 0. The van der Waals surface area contributed by atoms with Crippen LogP contribution in [0.2, 0.25) is 0 Å². The summed E-state index contributed by atoms with van der Waals surface area (Å²) in [5, 5.41) is 7.17. The maximum Gasteiger partial charge on any atom is 0.225 e. The Bertz CT molecular complexity index is 341. The average molecular weight is 228 g/mol. The molecule has 0 aliphatic rings. The molecule has 0 spiro atoms. The first-order chi connectivity index (χ1) is 7.24. The lowest BCUT2D eigenvalue weighted by Crippen LogP contribution is -2.27. The number of anilines is 1. The number of nitrogens with one attached hydrogen (secondary N) is 1. The van der Waals surface area contributed by atoms with Gasteiger partial charge in [0.05, 0.1) is 0 Å². The average Bonchev–Trinajstić information content (AvgIpc) is 2.58. The van der Waals surface area contributed by atoms with Crippen molar-refractivity contribution in [2.75, 3.05) is 18.0 Å². The topological polar surface area (TPSA) is 36.9 Å². The maximum absolute atomic E-state index is 5.21. The summed E-state index contributed by atoms with van der Waals surface area (Å²) in [6.45, 7) is 9.40. The van der Waals surface area contributed by atoms with Gasteiger partial charge in [0.1, 0.15) is 0 Å².